The third kappa shape index (κ3) is 2.90. The molecule has 2 rings (SSSR count). The molecule has 1 heterocycles. The fraction of sp³-hybridized carbons (Fsp3) is 0.375. The molecule has 0 spiro atoms. The van der Waals surface area contributed by atoms with Gasteiger partial charge in [0.1, 0.15) is 5.56 Å². The quantitative estimate of drug-likeness (QED) is 0.905. The summed E-state index contributed by atoms with van der Waals surface area (Å²) in [5.41, 5.74) is 4.31. The van der Waals surface area contributed by atoms with Crippen molar-refractivity contribution in [2.24, 2.45) is 0 Å². The third-order valence-electron chi connectivity index (χ3n) is 3.32. The number of aromatic carboxylic acids is 1. The van der Waals surface area contributed by atoms with Gasteiger partial charge >= 0.3 is 5.97 Å². The molecule has 106 valence electrons. The van der Waals surface area contributed by atoms with Crippen molar-refractivity contribution in [1.29, 1.82) is 0 Å². The topological polar surface area (TPSA) is 55.1 Å². The van der Waals surface area contributed by atoms with Gasteiger partial charge in [-0.15, -0.1) is 0 Å². The highest BCUT2D eigenvalue weighted by Crippen LogP contribution is 2.19. The number of carbonyl (C=O) groups is 1. The average molecular weight is 272 g/mol. The fourth-order valence-corrected chi connectivity index (χ4v) is 2.43. The lowest BCUT2D eigenvalue weighted by Crippen LogP contribution is -2.07. The number of hydrogen-bond acceptors (Lipinski definition) is 2. The summed E-state index contributed by atoms with van der Waals surface area (Å²) in [5, 5.41) is 13.6. The average Bonchev–Trinajstić information content (AvgIpc) is 2.78. The molecule has 0 aliphatic rings. The predicted molar refractivity (Wildman–Crippen MR) is 78.6 cm³/mol. The van der Waals surface area contributed by atoms with Crippen molar-refractivity contribution in [3.05, 3.63) is 46.8 Å². The molecule has 4 nitrogen and oxygen atoms in total. The summed E-state index contributed by atoms with van der Waals surface area (Å²) in [6, 6.07) is 6.15. The van der Waals surface area contributed by atoms with Gasteiger partial charge in [0.15, 0.2) is 0 Å². The second-order valence-electron chi connectivity index (χ2n) is 5.17. The molecule has 4 heteroatoms. The zero-order valence-electron chi connectivity index (χ0n) is 12.2. The van der Waals surface area contributed by atoms with E-state index in [4.69, 9.17) is 0 Å². The van der Waals surface area contributed by atoms with E-state index in [2.05, 4.69) is 18.1 Å². The molecule has 0 aliphatic heterocycles. The van der Waals surface area contributed by atoms with E-state index in [1.165, 1.54) is 6.20 Å². The SMILES string of the molecule is CCCCc1c(C(=O)O)cnn1-c1cc(C)cc(C)c1. The van der Waals surface area contributed by atoms with E-state index in [9.17, 15) is 9.90 Å². The summed E-state index contributed by atoms with van der Waals surface area (Å²) in [4.78, 5) is 11.3. The Bertz CT molecular complexity index is 609. The van der Waals surface area contributed by atoms with Crippen molar-refractivity contribution in [3.63, 3.8) is 0 Å². The van der Waals surface area contributed by atoms with Crippen LogP contribution in [0.2, 0.25) is 0 Å². The monoisotopic (exact) mass is 272 g/mol. The van der Waals surface area contributed by atoms with E-state index < -0.39 is 5.97 Å². The first kappa shape index (κ1) is 14.3. The first-order valence-corrected chi connectivity index (χ1v) is 6.91. The molecule has 2 aromatic rings. The van der Waals surface area contributed by atoms with Crippen LogP contribution in [0, 0.1) is 13.8 Å². The smallest absolute Gasteiger partial charge is 0.339 e. The second kappa shape index (κ2) is 5.90. The molecule has 0 fully saturated rings. The summed E-state index contributed by atoms with van der Waals surface area (Å²) in [6.45, 7) is 6.16. The summed E-state index contributed by atoms with van der Waals surface area (Å²) < 4.78 is 1.76. The summed E-state index contributed by atoms with van der Waals surface area (Å²) in [7, 11) is 0. The first-order valence-electron chi connectivity index (χ1n) is 6.91. The predicted octanol–water partition coefficient (Wildman–Crippen LogP) is 3.53. The number of carboxylic acid groups (broad SMARTS) is 1. The minimum Gasteiger partial charge on any atom is -0.478 e. The van der Waals surface area contributed by atoms with Crippen LogP contribution in [-0.2, 0) is 6.42 Å². The zero-order chi connectivity index (χ0) is 14.7. The summed E-state index contributed by atoms with van der Waals surface area (Å²) in [6.07, 6.45) is 4.16. The van der Waals surface area contributed by atoms with Crippen molar-refractivity contribution in [2.75, 3.05) is 0 Å². The maximum atomic E-state index is 11.3. The maximum Gasteiger partial charge on any atom is 0.339 e. The van der Waals surface area contributed by atoms with E-state index in [0.29, 0.717) is 5.56 Å². The molecule has 0 saturated carbocycles. The maximum absolute atomic E-state index is 11.3. The van der Waals surface area contributed by atoms with Crippen LogP contribution < -0.4 is 0 Å². The normalized spacial score (nSPS) is 10.8. The van der Waals surface area contributed by atoms with Crippen molar-refractivity contribution in [3.8, 4) is 5.69 Å². The Morgan fingerprint density at radius 3 is 2.45 bits per heavy atom. The van der Waals surface area contributed by atoms with E-state index >= 15 is 0 Å². The van der Waals surface area contributed by atoms with Gasteiger partial charge in [-0.25, -0.2) is 9.48 Å². The number of aryl methyl sites for hydroxylation is 2. The van der Waals surface area contributed by atoms with Crippen molar-refractivity contribution in [2.45, 2.75) is 40.0 Å². The Morgan fingerprint density at radius 1 is 1.25 bits per heavy atom. The number of benzene rings is 1. The summed E-state index contributed by atoms with van der Waals surface area (Å²) >= 11 is 0. The second-order valence-corrected chi connectivity index (χ2v) is 5.17. The van der Waals surface area contributed by atoms with E-state index in [-0.39, 0.29) is 0 Å². The van der Waals surface area contributed by atoms with Crippen molar-refractivity contribution < 1.29 is 9.90 Å². The van der Waals surface area contributed by atoms with Gasteiger partial charge in [-0.2, -0.15) is 5.10 Å². The van der Waals surface area contributed by atoms with Crippen molar-refractivity contribution in [1.82, 2.24) is 9.78 Å². The number of hydrogen-bond donors (Lipinski definition) is 1. The van der Waals surface area contributed by atoms with Gasteiger partial charge in [-0.1, -0.05) is 19.4 Å². The molecule has 0 bridgehead atoms. The van der Waals surface area contributed by atoms with Crippen LogP contribution in [0.3, 0.4) is 0 Å². The van der Waals surface area contributed by atoms with E-state index in [1.54, 1.807) is 4.68 Å². The molecule has 0 unspecified atom stereocenters. The van der Waals surface area contributed by atoms with Gasteiger partial charge in [0.2, 0.25) is 0 Å². The van der Waals surface area contributed by atoms with Crippen LogP contribution in [0.5, 0.6) is 0 Å². The fourth-order valence-electron chi connectivity index (χ4n) is 2.43. The lowest BCUT2D eigenvalue weighted by Gasteiger charge is -2.10. The Hall–Kier alpha value is -2.10. The number of carboxylic acids is 1. The summed E-state index contributed by atoms with van der Waals surface area (Å²) in [5.74, 6) is -0.910. The van der Waals surface area contributed by atoms with E-state index in [1.807, 2.05) is 26.0 Å². The molecule has 0 aliphatic carbocycles. The molecule has 0 saturated heterocycles. The van der Waals surface area contributed by atoms with Gasteiger partial charge in [0.25, 0.3) is 0 Å². The van der Waals surface area contributed by atoms with E-state index in [0.717, 1.165) is 41.8 Å². The van der Waals surface area contributed by atoms with Gasteiger partial charge in [0, 0.05) is 0 Å². The molecule has 1 aromatic carbocycles. The Morgan fingerprint density at radius 2 is 1.90 bits per heavy atom. The molecular weight excluding hydrogens is 252 g/mol. The number of nitrogens with zero attached hydrogens (tertiary/aromatic N) is 2. The standard InChI is InChI=1S/C16H20N2O2/c1-4-5-6-15-14(16(19)20)10-17-18(15)13-8-11(2)7-12(3)9-13/h7-10H,4-6H2,1-3H3,(H,19,20). The van der Waals surface area contributed by atoms with Crippen LogP contribution in [0.4, 0.5) is 0 Å². The highest BCUT2D eigenvalue weighted by molar-refractivity contribution is 5.88. The lowest BCUT2D eigenvalue weighted by molar-refractivity contribution is 0.0695. The molecule has 0 amide bonds. The van der Waals surface area contributed by atoms with Gasteiger partial charge in [0.05, 0.1) is 17.6 Å². The largest absolute Gasteiger partial charge is 0.478 e. The van der Waals surface area contributed by atoms with Gasteiger partial charge in [-0.3, -0.25) is 0 Å². The van der Waals surface area contributed by atoms with Crippen LogP contribution in [0.1, 0.15) is 46.9 Å². The first-order chi connectivity index (χ1) is 9.52. The Labute approximate surface area is 119 Å². The highest BCUT2D eigenvalue weighted by atomic mass is 16.4. The Kier molecular flexibility index (Phi) is 4.23. The number of aromatic nitrogens is 2. The molecule has 1 aromatic heterocycles. The Balaban J connectivity index is 2.52. The van der Waals surface area contributed by atoms with Crippen LogP contribution in [0.15, 0.2) is 24.4 Å². The molecule has 1 N–H and O–H groups in total. The third-order valence-corrected chi connectivity index (χ3v) is 3.32. The number of rotatable bonds is 5. The minimum absolute atomic E-state index is 0.303. The van der Waals surface area contributed by atoms with Crippen LogP contribution in [0.25, 0.3) is 5.69 Å². The van der Waals surface area contributed by atoms with Crippen LogP contribution in [-0.4, -0.2) is 20.9 Å². The van der Waals surface area contributed by atoms with Gasteiger partial charge in [-0.05, 0) is 49.9 Å². The lowest BCUT2D eigenvalue weighted by atomic mass is 10.1. The van der Waals surface area contributed by atoms with Crippen LogP contribution >= 0.6 is 0 Å². The zero-order valence-corrected chi connectivity index (χ0v) is 12.2. The van der Waals surface area contributed by atoms with Gasteiger partial charge < -0.3 is 5.11 Å². The van der Waals surface area contributed by atoms with Crippen molar-refractivity contribution >= 4 is 5.97 Å². The molecule has 0 radical (unpaired) electrons. The molecule has 0 atom stereocenters. The minimum atomic E-state index is -0.910. The number of unbranched alkanes of at least 4 members (excludes halogenated alkanes) is 1. The molecule has 20 heavy (non-hydrogen) atoms. The highest BCUT2D eigenvalue weighted by Gasteiger charge is 2.17. The molecular formula is C16H20N2O2.